The van der Waals surface area contributed by atoms with Crippen LogP contribution >= 0.6 is 0 Å². The quantitative estimate of drug-likeness (QED) is 0.443. The van der Waals surface area contributed by atoms with Crippen LogP contribution < -0.4 is 5.73 Å². The first kappa shape index (κ1) is 12.3. The van der Waals surface area contributed by atoms with Crippen LogP contribution in [0, 0.1) is 5.92 Å². The van der Waals surface area contributed by atoms with E-state index >= 15 is 0 Å². The second-order valence-corrected chi connectivity index (χ2v) is 4.01. The molecule has 5 heteroatoms. The highest BCUT2D eigenvalue weighted by atomic mass is 19.4. The largest absolute Gasteiger partial charge is 0.389 e. The SMILES string of the molecule is NC(=NCCCC(F)(F)F)C1CCCC1. The molecule has 1 aliphatic rings. The maximum atomic E-state index is 11.8. The molecule has 0 aromatic heterocycles. The Morgan fingerprint density at radius 3 is 2.40 bits per heavy atom. The van der Waals surface area contributed by atoms with Crippen molar-refractivity contribution in [3.05, 3.63) is 0 Å². The van der Waals surface area contributed by atoms with Crippen molar-refractivity contribution in [1.29, 1.82) is 0 Å². The summed E-state index contributed by atoms with van der Waals surface area (Å²) in [4.78, 5) is 4.00. The summed E-state index contributed by atoms with van der Waals surface area (Å²) < 4.78 is 35.4. The van der Waals surface area contributed by atoms with Gasteiger partial charge < -0.3 is 5.73 Å². The third-order valence-corrected chi connectivity index (χ3v) is 2.69. The van der Waals surface area contributed by atoms with Crippen LogP contribution in [0.25, 0.3) is 0 Å². The summed E-state index contributed by atoms with van der Waals surface area (Å²) in [5, 5.41) is 0. The maximum absolute atomic E-state index is 11.8. The molecule has 0 aromatic carbocycles. The predicted molar refractivity (Wildman–Crippen MR) is 53.7 cm³/mol. The van der Waals surface area contributed by atoms with Gasteiger partial charge in [-0.05, 0) is 19.3 Å². The molecule has 1 aliphatic carbocycles. The molecule has 1 fully saturated rings. The zero-order valence-corrected chi connectivity index (χ0v) is 8.69. The average molecular weight is 222 g/mol. The number of aliphatic imine (C=N–C) groups is 1. The van der Waals surface area contributed by atoms with Crippen molar-refractivity contribution >= 4 is 5.84 Å². The Morgan fingerprint density at radius 2 is 1.87 bits per heavy atom. The van der Waals surface area contributed by atoms with Gasteiger partial charge in [0.2, 0.25) is 0 Å². The summed E-state index contributed by atoms with van der Waals surface area (Å²) >= 11 is 0. The van der Waals surface area contributed by atoms with Gasteiger partial charge in [0.1, 0.15) is 0 Å². The topological polar surface area (TPSA) is 38.4 Å². The van der Waals surface area contributed by atoms with Crippen molar-refractivity contribution in [2.75, 3.05) is 6.54 Å². The van der Waals surface area contributed by atoms with Crippen molar-refractivity contribution in [3.8, 4) is 0 Å². The van der Waals surface area contributed by atoms with Gasteiger partial charge in [-0.2, -0.15) is 13.2 Å². The average Bonchev–Trinajstić information content (AvgIpc) is 2.63. The number of hydrogen-bond acceptors (Lipinski definition) is 1. The molecule has 15 heavy (non-hydrogen) atoms. The summed E-state index contributed by atoms with van der Waals surface area (Å²) in [6, 6.07) is 0. The van der Waals surface area contributed by atoms with Crippen molar-refractivity contribution < 1.29 is 13.2 Å². The highest BCUT2D eigenvalue weighted by Gasteiger charge is 2.26. The molecule has 0 aliphatic heterocycles. The Hall–Kier alpha value is -0.740. The number of nitrogens with two attached hydrogens (primary N) is 1. The van der Waals surface area contributed by atoms with Gasteiger partial charge in [0, 0.05) is 18.9 Å². The summed E-state index contributed by atoms with van der Waals surface area (Å²) in [5.41, 5.74) is 5.70. The molecule has 0 unspecified atom stereocenters. The number of amidine groups is 1. The minimum Gasteiger partial charge on any atom is -0.387 e. The summed E-state index contributed by atoms with van der Waals surface area (Å²) in [6.45, 7) is 0.196. The Kier molecular flexibility index (Phi) is 4.42. The predicted octanol–water partition coefficient (Wildman–Crippen LogP) is 2.88. The van der Waals surface area contributed by atoms with Gasteiger partial charge in [-0.15, -0.1) is 0 Å². The van der Waals surface area contributed by atoms with Gasteiger partial charge in [0.15, 0.2) is 0 Å². The molecule has 2 nitrogen and oxygen atoms in total. The van der Waals surface area contributed by atoms with Crippen LogP contribution in [-0.2, 0) is 0 Å². The molecule has 0 spiro atoms. The third kappa shape index (κ3) is 5.04. The fraction of sp³-hybridized carbons (Fsp3) is 0.900. The molecule has 1 rings (SSSR count). The number of rotatable bonds is 4. The first-order valence-corrected chi connectivity index (χ1v) is 5.35. The lowest BCUT2D eigenvalue weighted by Gasteiger charge is -2.08. The molecule has 0 heterocycles. The van der Waals surface area contributed by atoms with E-state index in [2.05, 4.69) is 4.99 Å². The van der Waals surface area contributed by atoms with Crippen molar-refractivity contribution in [2.45, 2.75) is 44.7 Å². The molecular formula is C10H17F3N2. The van der Waals surface area contributed by atoms with E-state index < -0.39 is 12.6 Å². The second kappa shape index (κ2) is 5.37. The van der Waals surface area contributed by atoms with Gasteiger partial charge in [-0.1, -0.05) is 12.8 Å². The Morgan fingerprint density at radius 1 is 1.27 bits per heavy atom. The first-order chi connectivity index (χ1) is 6.99. The van der Waals surface area contributed by atoms with E-state index in [1.54, 1.807) is 0 Å². The van der Waals surface area contributed by atoms with Crippen LogP contribution in [0.15, 0.2) is 4.99 Å². The van der Waals surface area contributed by atoms with Crippen molar-refractivity contribution in [1.82, 2.24) is 0 Å². The van der Waals surface area contributed by atoms with Crippen LogP contribution in [0.2, 0.25) is 0 Å². The van der Waals surface area contributed by atoms with E-state index in [1.807, 2.05) is 0 Å². The molecule has 0 radical (unpaired) electrons. The van der Waals surface area contributed by atoms with Crippen molar-refractivity contribution in [2.24, 2.45) is 16.6 Å². The maximum Gasteiger partial charge on any atom is 0.389 e. The highest BCUT2D eigenvalue weighted by Crippen LogP contribution is 2.25. The van der Waals surface area contributed by atoms with Crippen LogP contribution in [0.1, 0.15) is 38.5 Å². The Balaban J connectivity index is 2.19. The molecule has 2 N–H and O–H groups in total. The highest BCUT2D eigenvalue weighted by molar-refractivity contribution is 5.83. The van der Waals surface area contributed by atoms with Crippen molar-refractivity contribution in [3.63, 3.8) is 0 Å². The summed E-state index contributed by atoms with van der Waals surface area (Å²) in [7, 11) is 0. The summed E-state index contributed by atoms with van der Waals surface area (Å²) in [5.74, 6) is 0.866. The Labute approximate surface area is 87.7 Å². The lowest BCUT2D eigenvalue weighted by atomic mass is 10.1. The standard InChI is InChI=1S/C10H17F3N2/c11-10(12,13)6-3-7-15-9(14)8-4-1-2-5-8/h8H,1-7H2,(H2,14,15). The molecule has 88 valence electrons. The molecule has 0 aromatic rings. The molecule has 1 saturated carbocycles. The normalized spacial score (nSPS) is 19.8. The third-order valence-electron chi connectivity index (χ3n) is 2.69. The van der Waals surface area contributed by atoms with E-state index in [1.165, 1.54) is 0 Å². The lowest BCUT2D eigenvalue weighted by molar-refractivity contribution is -0.134. The van der Waals surface area contributed by atoms with Crippen LogP contribution in [-0.4, -0.2) is 18.6 Å². The van der Waals surface area contributed by atoms with Gasteiger partial charge in [-0.25, -0.2) is 0 Å². The van der Waals surface area contributed by atoms with Crippen LogP contribution in [0.5, 0.6) is 0 Å². The molecular weight excluding hydrogens is 205 g/mol. The van der Waals surface area contributed by atoms with Gasteiger partial charge in [-0.3, -0.25) is 4.99 Å². The van der Waals surface area contributed by atoms with E-state index in [-0.39, 0.29) is 13.0 Å². The first-order valence-electron chi connectivity index (χ1n) is 5.35. The number of alkyl halides is 3. The molecule has 0 amide bonds. The Bertz CT molecular complexity index is 217. The second-order valence-electron chi connectivity index (χ2n) is 4.01. The number of halogens is 3. The molecule has 0 saturated heterocycles. The van der Waals surface area contributed by atoms with Gasteiger partial charge in [0.25, 0.3) is 0 Å². The van der Waals surface area contributed by atoms with E-state index in [0.29, 0.717) is 11.8 Å². The zero-order valence-electron chi connectivity index (χ0n) is 8.69. The number of hydrogen-bond donors (Lipinski definition) is 1. The lowest BCUT2D eigenvalue weighted by Crippen LogP contribution is -2.22. The minimum absolute atomic E-state index is 0.0386. The monoisotopic (exact) mass is 222 g/mol. The fourth-order valence-corrected chi connectivity index (χ4v) is 1.84. The van der Waals surface area contributed by atoms with E-state index in [0.717, 1.165) is 25.7 Å². The van der Waals surface area contributed by atoms with Gasteiger partial charge in [0.05, 0.1) is 5.84 Å². The van der Waals surface area contributed by atoms with E-state index in [4.69, 9.17) is 5.73 Å². The fourth-order valence-electron chi connectivity index (χ4n) is 1.84. The summed E-state index contributed by atoms with van der Waals surface area (Å²) in [6.07, 6.45) is -0.418. The number of nitrogens with zero attached hydrogens (tertiary/aromatic N) is 1. The minimum atomic E-state index is -4.07. The van der Waals surface area contributed by atoms with Crippen LogP contribution in [0.3, 0.4) is 0 Å². The molecule has 0 bridgehead atoms. The molecule has 0 atom stereocenters. The smallest absolute Gasteiger partial charge is 0.387 e. The van der Waals surface area contributed by atoms with Crippen LogP contribution in [0.4, 0.5) is 13.2 Å². The zero-order chi connectivity index (χ0) is 11.3. The van der Waals surface area contributed by atoms with Gasteiger partial charge >= 0.3 is 6.18 Å². The van der Waals surface area contributed by atoms with E-state index in [9.17, 15) is 13.2 Å².